The fourth-order valence-corrected chi connectivity index (χ4v) is 7.16. The highest BCUT2D eigenvalue weighted by Gasteiger charge is 2.60. The van der Waals surface area contributed by atoms with E-state index in [1.165, 1.54) is 19.3 Å². The number of benzene rings is 3. The van der Waals surface area contributed by atoms with E-state index in [0.29, 0.717) is 35.6 Å². The van der Waals surface area contributed by atoms with E-state index in [9.17, 15) is 0 Å². The SMILES string of the molecule is CCCCCN1CCN(C(=O)N2C(c3ccc(C(C)(C)C)cc3OCC)=N[C@@](C)(c3ccc(Cl)cc3)[C@@]2(C)c2ccc(Cl)cc2)CC1. The highest BCUT2D eigenvalue weighted by Crippen LogP contribution is 2.54. The van der Waals surface area contributed by atoms with E-state index in [2.05, 4.69) is 64.6 Å². The molecule has 0 bridgehead atoms. The number of piperazine rings is 1. The molecule has 2 aliphatic heterocycles. The summed E-state index contributed by atoms with van der Waals surface area (Å²) in [7, 11) is 0. The summed E-state index contributed by atoms with van der Waals surface area (Å²) in [6.07, 6.45) is 3.61. The predicted molar refractivity (Wildman–Crippen MR) is 195 cm³/mol. The highest BCUT2D eigenvalue weighted by atomic mass is 35.5. The molecule has 2 heterocycles. The summed E-state index contributed by atoms with van der Waals surface area (Å²) in [5.41, 5.74) is 1.95. The Balaban J connectivity index is 1.69. The van der Waals surface area contributed by atoms with Crippen LogP contribution in [0.25, 0.3) is 0 Å². The summed E-state index contributed by atoms with van der Waals surface area (Å²) in [6.45, 7) is 19.6. The molecule has 0 aromatic heterocycles. The van der Waals surface area contributed by atoms with Gasteiger partial charge < -0.3 is 9.64 Å². The molecule has 1 fully saturated rings. The van der Waals surface area contributed by atoms with Crippen molar-refractivity contribution < 1.29 is 9.53 Å². The molecule has 5 rings (SSSR count). The van der Waals surface area contributed by atoms with E-state index in [1.807, 2.05) is 65.3 Å². The molecule has 1 saturated heterocycles. The number of amidine groups is 1. The molecule has 0 aliphatic carbocycles. The van der Waals surface area contributed by atoms with Crippen LogP contribution in [0.4, 0.5) is 4.79 Å². The highest BCUT2D eigenvalue weighted by molar-refractivity contribution is 6.30. The molecule has 47 heavy (non-hydrogen) atoms. The number of hydrogen-bond acceptors (Lipinski definition) is 4. The molecule has 3 aromatic carbocycles. The van der Waals surface area contributed by atoms with Gasteiger partial charge in [-0.3, -0.25) is 14.8 Å². The zero-order valence-electron chi connectivity index (χ0n) is 29.1. The van der Waals surface area contributed by atoms with Crippen molar-refractivity contribution in [3.63, 3.8) is 0 Å². The number of hydrogen-bond donors (Lipinski definition) is 0. The Morgan fingerprint density at radius 2 is 1.45 bits per heavy atom. The van der Waals surface area contributed by atoms with Crippen LogP contribution in [0, 0.1) is 0 Å². The minimum atomic E-state index is -0.928. The second-order valence-corrected chi connectivity index (χ2v) is 15.0. The fourth-order valence-electron chi connectivity index (χ4n) is 6.91. The van der Waals surface area contributed by atoms with Gasteiger partial charge in [0.2, 0.25) is 0 Å². The lowest BCUT2D eigenvalue weighted by Crippen LogP contribution is -2.60. The van der Waals surface area contributed by atoms with Crippen LogP contribution in [-0.4, -0.2) is 65.9 Å². The maximum Gasteiger partial charge on any atom is 0.326 e. The Kier molecular flexibility index (Phi) is 10.6. The minimum Gasteiger partial charge on any atom is -0.493 e. The summed E-state index contributed by atoms with van der Waals surface area (Å²) < 4.78 is 6.32. The van der Waals surface area contributed by atoms with Gasteiger partial charge in [-0.15, -0.1) is 0 Å². The summed E-state index contributed by atoms with van der Waals surface area (Å²) in [6, 6.07) is 21.9. The number of urea groups is 1. The molecule has 0 radical (unpaired) electrons. The van der Waals surface area contributed by atoms with E-state index in [1.54, 1.807) is 0 Å². The van der Waals surface area contributed by atoms with Crippen molar-refractivity contribution in [2.75, 3.05) is 39.3 Å². The van der Waals surface area contributed by atoms with Crippen LogP contribution in [0.15, 0.2) is 71.7 Å². The Hall–Kier alpha value is -3.06. The summed E-state index contributed by atoms with van der Waals surface area (Å²) in [5.74, 6) is 1.32. The smallest absolute Gasteiger partial charge is 0.326 e. The number of nitrogens with zero attached hydrogens (tertiary/aromatic N) is 4. The van der Waals surface area contributed by atoms with Gasteiger partial charge in [-0.25, -0.2) is 4.79 Å². The summed E-state index contributed by atoms with van der Waals surface area (Å²) in [4.78, 5) is 27.1. The molecule has 2 atom stereocenters. The van der Waals surface area contributed by atoms with Gasteiger partial charge >= 0.3 is 6.03 Å². The van der Waals surface area contributed by atoms with Crippen molar-refractivity contribution in [3.8, 4) is 5.75 Å². The van der Waals surface area contributed by atoms with Crippen LogP contribution >= 0.6 is 23.2 Å². The molecule has 252 valence electrons. The third-order valence-corrected chi connectivity index (χ3v) is 10.6. The van der Waals surface area contributed by atoms with Crippen molar-refractivity contribution in [2.24, 2.45) is 4.99 Å². The zero-order chi connectivity index (χ0) is 34.0. The molecule has 0 saturated carbocycles. The Morgan fingerprint density at radius 1 is 0.851 bits per heavy atom. The van der Waals surface area contributed by atoms with E-state index in [0.717, 1.165) is 47.6 Å². The van der Waals surface area contributed by atoms with Crippen LogP contribution in [0.1, 0.15) is 90.0 Å². The summed E-state index contributed by atoms with van der Waals surface area (Å²) in [5, 5.41) is 1.28. The van der Waals surface area contributed by atoms with E-state index in [4.69, 9.17) is 32.9 Å². The molecule has 2 aliphatic rings. The van der Waals surface area contributed by atoms with Crippen LogP contribution in [-0.2, 0) is 16.5 Å². The first-order chi connectivity index (χ1) is 22.3. The average molecular weight is 678 g/mol. The third-order valence-electron chi connectivity index (χ3n) is 10.0. The van der Waals surface area contributed by atoms with Gasteiger partial charge in [0.1, 0.15) is 22.7 Å². The number of ether oxygens (including phenoxy) is 1. The minimum absolute atomic E-state index is 0.0607. The van der Waals surface area contributed by atoms with Gasteiger partial charge in [-0.2, -0.15) is 0 Å². The average Bonchev–Trinajstić information content (AvgIpc) is 3.29. The van der Waals surface area contributed by atoms with Crippen molar-refractivity contribution in [2.45, 2.75) is 84.2 Å². The van der Waals surface area contributed by atoms with Crippen molar-refractivity contribution in [3.05, 3.63) is 99.0 Å². The standard InChI is InChI=1S/C39H50Cl2N4O2/c1-8-10-11-22-43-23-25-44(26-24-43)36(46)45-35(33-21-16-30(37(3,4)5)27-34(33)47-9-2)42-38(6,28-12-17-31(40)18-13-28)39(45,7)29-14-19-32(41)20-15-29/h12-21,27H,8-11,22-26H2,1-7H3/t38-,39+/m0/s1. The zero-order valence-corrected chi connectivity index (χ0v) is 30.6. The molecule has 3 aromatic rings. The molecule has 0 spiro atoms. The Bertz CT molecular complexity index is 1580. The lowest BCUT2D eigenvalue weighted by atomic mass is 9.71. The second kappa shape index (κ2) is 14.2. The van der Waals surface area contributed by atoms with Crippen molar-refractivity contribution in [1.82, 2.24) is 14.7 Å². The molecule has 2 amide bonds. The van der Waals surface area contributed by atoms with Crippen molar-refractivity contribution in [1.29, 1.82) is 0 Å². The van der Waals surface area contributed by atoms with Gasteiger partial charge in [-0.1, -0.05) is 94.1 Å². The van der Waals surface area contributed by atoms with E-state index in [-0.39, 0.29) is 11.4 Å². The maximum absolute atomic E-state index is 15.1. The first kappa shape index (κ1) is 35.3. The first-order valence-corrected chi connectivity index (χ1v) is 17.8. The number of amides is 2. The number of halogens is 2. The number of aliphatic imine (C=N–C) groups is 1. The van der Waals surface area contributed by atoms with Crippen LogP contribution in [0.3, 0.4) is 0 Å². The van der Waals surface area contributed by atoms with Gasteiger partial charge in [0.15, 0.2) is 0 Å². The van der Waals surface area contributed by atoms with Crippen LogP contribution in [0.2, 0.25) is 10.0 Å². The quantitative estimate of drug-likeness (QED) is 0.212. The van der Waals surface area contributed by atoms with Gasteiger partial charge in [0.05, 0.1) is 12.2 Å². The number of unbranched alkanes of at least 4 members (excludes halogenated alkanes) is 2. The van der Waals surface area contributed by atoms with Gasteiger partial charge in [0.25, 0.3) is 0 Å². The largest absolute Gasteiger partial charge is 0.493 e. The topological polar surface area (TPSA) is 48.4 Å². The molecular weight excluding hydrogens is 627 g/mol. The molecular formula is C39H50Cl2N4O2. The Labute approximate surface area is 291 Å². The fraction of sp³-hybridized carbons (Fsp3) is 0.487. The third kappa shape index (κ3) is 6.93. The number of rotatable bonds is 9. The lowest BCUT2D eigenvalue weighted by Gasteiger charge is -2.47. The first-order valence-electron chi connectivity index (χ1n) is 17.0. The number of carbonyl (C=O) groups excluding carboxylic acids is 1. The van der Waals surface area contributed by atoms with Gasteiger partial charge in [-0.05, 0) is 92.2 Å². The lowest BCUT2D eigenvalue weighted by molar-refractivity contribution is 0.0863. The maximum atomic E-state index is 15.1. The molecule has 0 N–H and O–H groups in total. The van der Waals surface area contributed by atoms with Crippen LogP contribution in [0.5, 0.6) is 5.75 Å². The predicted octanol–water partition coefficient (Wildman–Crippen LogP) is 9.51. The monoisotopic (exact) mass is 676 g/mol. The van der Waals surface area contributed by atoms with Gasteiger partial charge in [0, 0.05) is 36.2 Å². The molecule has 6 nitrogen and oxygen atoms in total. The van der Waals surface area contributed by atoms with Crippen LogP contribution < -0.4 is 4.74 Å². The summed E-state index contributed by atoms with van der Waals surface area (Å²) >= 11 is 12.8. The number of carbonyl (C=O) groups is 1. The van der Waals surface area contributed by atoms with Crippen molar-refractivity contribution >= 4 is 35.1 Å². The second-order valence-electron chi connectivity index (χ2n) is 14.1. The normalized spacial score (nSPS) is 22.0. The van der Waals surface area contributed by atoms with E-state index >= 15 is 4.79 Å². The Morgan fingerprint density at radius 3 is 2.00 bits per heavy atom. The molecule has 8 heteroatoms. The molecule has 0 unspecified atom stereocenters. The van der Waals surface area contributed by atoms with E-state index < -0.39 is 11.1 Å².